The van der Waals surface area contributed by atoms with Crippen LogP contribution >= 0.6 is 0 Å². The summed E-state index contributed by atoms with van der Waals surface area (Å²) >= 11 is 0. The molecule has 0 unspecified atom stereocenters. The Balaban J connectivity index is 2.32. The zero-order valence-electron chi connectivity index (χ0n) is 16.6. The van der Waals surface area contributed by atoms with Crippen LogP contribution in [0, 0.1) is 11.3 Å². The zero-order valence-corrected chi connectivity index (χ0v) is 16.6. The van der Waals surface area contributed by atoms with E-state index < -0.39 is 0 Å². The first kappa shape index (κ1) is 20.4. The normalized spacial score (nSPS) is 33.0. The maximum absolute atomic E-state index is 9.69. The molecule has 142 valence electrons. The summed E-state index contributed by atoms with van der Waals surface area (Å²) in [5.41, 5.74) is 3.90. The highest BCUT2D eigenvalue weighted by molar-refractivity contribution is 5.28. The third-order valence-corrected chi connectivity index (χ3v) is 6.19. The van der Waals surface area contributed by atoms with Crippen LogP contribution in [0.3, 0.4) is 0 Å². The van der Waals surface area contributed by atoms with Crippen molar-refractivity contribution in [2.75, 3.05) is 20.5 Å². The fourth-order valence-electron chi connectivity index (χ4n) is 4.39. The Hall–Kier alpha value is -0.900. The van der Waals surface area contributed by atoms with E-state index in [1.54, 1.807) is 7.11 Å². The summed E-state index contributed by atoms with van der Waals surface area (Å²) in [6.45, 7) is 11.5. The van der Waals surface area contributed by atoms with Gasteiger partial charge in [-0.2, -0.15) is 0 Å². The van der Waals surface area contributed by atoms with Crippen molar-refractivity contribution in [2.24, 2.45) is 11.3 Å². The van der Waals surface area contributed by atoms with Crippen LogP contribution in [-0.4, -0.2) is 31.2 Å². The molecule has 1 saturated carbocycles. The van der Waals surface area contributed by atoms with Gasteiger partial charge < -0.3 is 14.6 Å². The monoisotopic (exact) mass is 348 g/mol. The lowest BCUT2D eigenvalue weighted by atomic mass is 9.74. The van der Waals surface area contributed by atoms with Gasteiger partial charge in [0, 0.05) is 13.0 Å². The highest BCUT2D eigenvalue weighted by Gasteiger charge is 2.46. The molecular weight excluding hydrogens is 312 g/mol. The molecule has 0 amide bonds. The van der Waals surface area contributed by atoms with E-state index in [9.17, 15) is 5.11 Å². The predicted octanol–water partition coefficient (Wildman–Crippen LogP) is 5.17. The van der Waals surface area contributed by atoms with Crippen molar-refractivity contribution in [3.63, 3.8) is 0 Å². The maximum Gasteiger partial charge on any atom is 0.147 e. The molecule has 0 aromatic rings. The van der Waals surface area contributed by atoms with Crippen LogP contribution in [0.25, 0.3) is 0 Å². The van der Waals surface area contributed by atoms with Gasteiger partial charge in [-0.25, -0.2) is 0 Å². The second-order valence-corrected chi connectivity index (χ2v) is 8.48. The summed E-state index contributed by atoms with van der Waals surface area (Å²) in [4.78, 5) is 0. The molecule has 2 aliphatic rings. The second-order valence-electron chi connectivity index (χ2n) is 8.48. The largest absolute Gasteiger partial charge is 0.392 e. The summed E-state index contributed by atoms with van der Waals surface area (Å²) < 4.78 is 11.2. The smallest absolute Gasteiger partial charge is 0.147 e. The van der Waals surface area contributed by atoms with E-state index in [4.69, 9.17) is 9.47 Å². The van der Waals surface area contributed by atoms with Crippen molar-refractivity contribution in [2.45, 2.75) is 71.3 Å². The molecular formula is C22H36O3. The molecule has 0 bridgehead atoms. The van der Waals surface area contributed by atoms with E-state index >= 15 is 0 Å². The van der Waals surface area contributed by atoms with Crippen molar-refractivity contribution in [1.29, 1.82) is 0 Å². The average molecular weight is 349 g/mol. The van der Waals surface area contributed by atoms with E-state index in [1.165, 1.54) is 17.6 Å². The van der Waals surface area contributed by atoms with Gasteiger partial charge in [0.25, 0.3) is 0 Å². The van der Waals surface area contributed by atoms with Crippen LogP contribution in [0.15, 0.2) is 35.5 Å². The summed E-state index contributed by atoms with van der Waals surface area (Å²) in [6, 6.07) is 0. The summed E-state index contributed by atoms with van der Waals surface area (Å²) in [5.74, 6) is 0.390. The molecule has 0 aliphatic heterocycles. The van der Waals surface area contributed by atoms with Crippen molar-refractivity contribution in [3.05, 3.63) is 35.5 Å². The standard InChI is InChI=1S/C22H36O3/c1-17-7-6-8-18(15-23)9-10-20-19(21(2,3)25-16-24-5)12-14-22(20,4)13-11-17/h8,10,19,23H,1,6-7,9,11-16H2,2-5H3/b18-8+,20-10-/t19-,22-/m1/s1. The molecule has 2 rings (SSSR count). The quantitative estimate of drug-likeness (QED) is 0.550. The van der Waals surface area contributed by atoms with Crippen LogP contribution in [0.4, 0.5) is 0 Å². The number of methoxy groups -OCH3 is 1. The fourth-order valence-corrected chi connectivity index (χ4v) is 4.39. The third kappa shape index (κ3) is 5.06. The Morgan fingerprint density at radius 1 is 1.28 bits per heavy atom. The van der Waals surface area contributed by atoms with Gasteiger partial charge in [0.15, 0.2) is 0 Å². The fraction of sp³-hybridized carbons (Fsp3) is 0.727. The maximum atomic E-state index is 9.69. The molecule has 3 nitrogen and oxygen atoms in total. The first-order valence-corrected chi connectivity index (χ1v) is 9.61. The molecule has 0 aromatic heterocycles. The van der Waals surface area contributed by atoms with Crippen LogP contribution in [0.5, 0.6) is 0 Å². The van der Waals surface area contributed by atoms with Crippen molar-refractivity contribution in [3.8, 4) is 0 Å². The van der Waals surface area contributed by atoms with Gasteiger partial charge in [0.1, 0.15) is 6.79 Å². The molecule has 0 radical (unpaired) electrons. The van der Waals surface area contributed by atoms with Crippen LogP contribution in [0.2, 0.25) is 0 Å². The molecule has 0 heterocycles. The van der Waals surface area contributed by atoms with Gasteiger partial charge >= 0.3 is 0 Å². The minimum absolute atomic E-state index is 0.140. The Labute approximate surface area is 153 Å². The molecule has 25 heavy (non-hydrogen) atoms. The lowest BCUT2D eigenvalue weighted by molar-refractivity contribution is -0.132. The van der Waals surface area contributed by atoms with Gasteiger partial charge in [-0.3, -0.25) is 0 Å². The number of allylic oxidation sites excluding steroid dienone is 3. The molecule has 1 fully saturated rings. The minimum atomic E-state index is -0.250. The highest BCUT2D eigenvalue weighted by Crippen LogP contribution is 2.54. The molecule has 3 heteroatoms. The lowest BCUT2D eigenvalue weighted by Gasteiger charge is -2.36. The average Bonchev–Trinajstić information content (AvgIpc) is 2.91. The minimum Gasteiger partial charge on any atom is -0.392 e. The topological polar surface area (TPSA) is 38.7 Å². The molecule has 2 atom stereocenters. The van der Waals surface area contributed by atoms with Crippen LogP contribution in [0.1, 0.15) is 65.7 Å². The second kappa shape index (κ2) is 8.66. The van der Waals surface area contributed by atoms with E-state index in [-0.39, 0.29) is 17.6 Å². The predicted molar refractivity (Wildman–Crippen MR) is 103 cm³/mol. The van der Waals surface area contributed by atoms with Crippen LogP contribution in [-0.2, 0) is 9.47 Å². The van der Waals surface area contributed by atoms with Crippen molar-refractivity contribution >= 4 is 0 Å². The molecule has 0 aromatic carbocycles. The Morgan fingerprint density at radius 2 is 2.04 bits per heavy atom. The van der Waals surface area contributed by atoms with Crippen molar-refractivity contribution in [1.82, 2.24) is 0 Å². The lowest BCUT2D eigenvalue weighted by Crippen LogP contribution is -2.36. The number of ether oxygens (including phenoxy) is 2. The molecule has 0 spiro atoms. The highest BCUT2D eigenvalue weighted by atomic mass is 16.7. The summed E-state index contributed by atoms with van der Waals surface area (Å²) in [7, 11) is 1.67. The van der Waals surface area contributed by atoms with Gasteiger partial charge in [-0.05, 0) is 69.8 Å². The SMILES string of the molecule is C=C1CC/C=C(/CO)C/C=C2/[C@H](C(C)(C)OCOC)CC[C@@]2(C)CC1. The van der Waals surface area contributed by atoms with Gasteiger partial charge in [0.05, 0.1) is 12.2 Å². The molecule has 2 aliphatic carbocycles. The van der Waals surface area contributed by atoms with E-state index in [1.807, 2.05) is 0 Å². The van der Waals surface area contributed by atoms with Gasteiger partial charge in [0.2, 0.25) is 0 Å². The number of fused-ring (bicyclic) bond motifs is 1. The van der Waals surface area contributed by atoms with E-state index in [2.05, 4.69) is 39.5 Å². The Bertz CT molecular complexity index is 529. The first-order valence-electron chi connectivity index (χ1n) is 9.61. The van der Waals surface area contributed by atoms with E-state index in [0.717, 1.165) is 44.1 Å². The Morgan fingerprint density at radius 3 is 2.72 bits per heavy atom. The number of aliphatic hydroxyl groups excluding tert-OH is 1. The third-order valence-electron chi connectivity index (χ3n) is 6.19. The number of hydrogen-bond acceptors (Lipinski definition) is 3. The Kier molecular flexibility index (Phi) is 7.07. The van der Waals surface area contributed by atoms with E-state index in [0.29, 0.717) is 12.7 Å². The first-order chi connectivity index (χ1) is 11.8. The van der Waals surface area contributed by atoms with Gasteiger partial charge in [-0.15, -0.1) is 0 Å². The zero-order chi connectivity index (χ0) is 18.5. The summed E-state index contributed by atoms with van der Waals surface area (Å²) in [6.07, 6.45) is 12.0. The number of rotatable bonds is 5. The molecule has 1 N–H and O–H groups in total. The van der Waals surface area contributed by atoms with Gasteiger partial charge in [-0.1, -0.05) is 36.8 Å². The summed E-state index contributed by atoms with van der Waals surface area (Å²) in [5, 5.41) is 9.69. The number of aliphatic hydroxyl groups is 1. The molecule has 0 saturated heterocycles. The van der Waals surface area contributed by atoms with Crippen molar-refractivity contribution < 1.29 is 14.6 Å². The van der Waals surface area contributed by atoms with Crippen LogP contribution < -0.4 is 0 Å². The number of hydrogen-bond donors (Lipinski definition) is 1.